The lowest BCUT2D eigenvalue weighted by Gasteiger charge is -2.38. The van der Waals surface area contributed by atoms with Crippen molar-refractivity contribution in [1.29, 1.82) is 0 Å². The zero-order valence-corrected chi connectivity index (χ0v) is 19.3. The molecule has 168 valence electrons. The molecule has 1 unspecified atom stereocenters. The Kier molecular flexibility index (Phi) is 4.57. The summed E-state index contributed by atoms with van der Waals surface area (Å²) < 4.78 is 7.70. The van der Waals surface area contributed by atoms with Gasteiger partial charge in [-0.15, -0.1) is 0 Å². The van der Waals surface area contributed by atoms with E-state index in [9.17, 15) is 0 Å². The van der Waals surface area contributed by atoms with Crippen molar-refractivity contribution < 1.29 is 9.57 Å². The van der Waals surface area contributed by atoms with Crippen LogP contribution >= 0.6 is 0 Å². The Bertz CT molecular complexity index is 1310. The Labute approximate surface area is 194 Å². The fourth-order valence-corrected chi connectivity index (χ4v) is 5.46. The number of aromatic nitrogens is 2. The Morgan fingerprint density at radius 1 is 1.12 bits per heavy atom. The van der Waals surface area contributed by atoms with Crippen LogP contribution in [0.4, 0.5) is 0 Å². The van der Waals surface area contributed by atoms with Crippen molar-refractivity contribution in [1.82, 2.24) is 14.5 Å². The highest BCUT2D eigenvalue weighted by atomic mass is 16.7. The molecule has 3 aromatic rings. The van der Waals surface area contributed by atoms with Gasteiger partial charge in [-0.25, -0.2) is 4.98 Å². The minimum atomic E-state index is -0.446. The van der Waals surface area contributed by atoms with Crippen molar-refractivity contribution >= 4 is 11.9 Å². The van der Waals surface area contributed by atoms with E-state index in [1.807, 2.05) is 24.0 Å². The lowest BCUT2D eigenvalue weighted by atomic mass is 9.95. The quantitative estimate of drug-likeness (QED) is 0.567. The first kappa shape index (κ1) is 20.1. The van der Waals surface area contributed by atoms with Gasteiger partial charge in [0.25, 0.3) is 0 Å². The summed E-state index contributed by atoms with van der Waals surface area (Å²) in [6, 6.07) is 13.0. The minimum Gasteiger partial charge on any atom is -0.495 e. The lowest BCUT2D eigenvalue weighted by molar-refractivity contribution is -0.105. The number of hydrogen-bond donors (Lipinski definition) is 0. The second-order valence-corrected chi connectivity index (χ2v) is 9.23. The van der Waals surface area contributed by atoms with E-state index in [2.05, 4.69) is 64.4 Å². The largest absolute Gasteiger partial charge is 0.495 e. The lowest BCUT2D eigenvalue weighted by Crippen LogP contribution is -2.47. The predicted molar refractivity (Wildman–Crippen MR) is 128 cm³/mol. The van der Waals surface area contributed by atoms with Crippen LogP contribution in [0.1, 0.15) is 47.2 Å². The molecule has 0 radical (unpaired) electrons. The van der Waals surface area contributed by atoms with Gasteiger partial charge in [0.2, 0.25) is 5.72 Å². The molecule has 3 aliphatic rings. The van der Waals surface area contributed by atoms with Gasteiger partial charge < -0.3 is 19.0 Å². The SMILES string of the molecule is COc1cc(C=C2CCCN3C2=NOC32CCc3cc(C)ccc32)ccc1-n1cnc(C)c1. The van der Waals surface area contributed by atoms with E-state index in [0.29, 0.717) is 0 Å². The molecule has 33 heavy (non-hydrogen) atoms. The molecule has 3 heterocycles. The first-order valence-corrected chi connectivity index (χ1v) is 11.6. The topological polar surface area (TPSA) is 51.9 Å². The normalized spacial score (nSPS) is 22.3. The summed E-state index contributed by atoms with van der Waals surface area (Å²) in [5.74, 6) is 1.79. The summed E-state index contributed by atoms with van der Waals surface area (Å²) >= 11 is 0. The van der Waals surface area contributed by atoms with Crippen molar-refractivity contribution in [3.8, 4) is 11.4 Å². The highest BCUT2D eigenvalue weighted by molar-refractivity contribution is 6.03. The smallest absolute Gasteiger partial charge is 0.237 e. The van der Waals surface area contributed by atoms with Crippen LogP contribution in [0.2, 0.25) is 0 Å². The third kappa shape index (κ3) is 3.16. The number of ether oxygens (including phenoxy) is 1. The van der Waals surface area contributed by atoms with Gasteiger partial charge in [-0.2, -0.15) is 0 Å². The van der Waals surface area contributed by atoms with Crippen LogP contribution in [0.25, 0.3) is 11.8 Å². The van der Waals surface area contributed by atoms with E-state index >= 15 is 0 Å². The van der Waals surface area contributed by atoms with Gasteiger partial charge >= 0.3 is 0 Å². The molecule has 0 amide bonds. The van der Waals surface area contributed by atoms with Crippen molar-refractivity contribution in [2.75, 3.05) is 13.7 Å². The molecule has 1 saturated heterocycles. The molecule has 0 saturated carbocycles. The van der Waals surface area contributed by atoms with Crippen molar-refractivity contribution in [3.63, 3.8) is 0 Å². The van der Waals surface area contributed by atoms with Gasteiger partial charge in [0.1, 0.15) is 5.75 Å². The van der Waals surface area contributed by atoms with Gasteiger partial charge in [-0.3, -0.25) is 0 Å². The van der Waals surface area contributed by atoms with Gasteiger partial charge in [-0.05, 0) is 68.0 Å². The number of imidazole rings is 1. The number of hydrogen-bond acceptors (Lipinski definition) is 5. The van der Waals surface area contributed by atoms with Crippen molar-refractivity contribution in [2.24, 2.45) is 5.16 Å². The zero-order chi connectivity index (χ0) is 22.6. The number of aryl methyl sites for hydroxylation is 3. The van der Waals surface area contributed by atoms with Crippen LogP contribution in [-0.2, 0) is 17.0 Å². The Morgan fingerprint density at radius 3 is 2.85 bits per heavy atom. The summed E-state index contributed by atoms with van der Waals surface area (Å²) in [6.07, 6.45) is 10.1. The second-order valence-electron chi connectivity index (χ2n) is 9.23. The van der Waals surface area contributed by atoms with Crippen LogP contribution in [0, 0.1) is 13.8 Å². The molecule has 2 aromatic carbocycles. The third-order valence-corrected chi connectivity index (χ3v) is 7.04. The van der Waals surface area contributed by atoms with Gasteiger partial charge in [0.05, 0.1) is 24.8 Å². The molecule has 1 atom stereocenters. The molecule has 2 aliphatic heterocycles. The van der Waals surface area contributed by atoms with Crippen LogP contribution < -0.4 is 4.74 Å². The maximum Gasteiger partial charge on any atom is 0.237 e. The summed E-state index contributed by atoms with van der Waals surface area (Å²) in [6.45, 7) is 5.10. The number of methoxy groups -OCH3 is 1. The van der Waals surface area contributed by atoms with Gasteiger partial charge in [0, 0.05) is 24.7 Å². The highest BCUT2D eigenvalue weighted by Gasteiger charge is 2.52. The predicted octanol–water partition coefficient (Wildman–Crippen LogP) is 5.12. The van der Waals surface area contributed by atoms with E-state index in [4.69, 9.17) is 9.57 Å². The molecule has 1 fully saturated rings. The number of nitrogens with zero attached hydrogens (tertiary/aromatic N) is 4. The highest BCUT2D eigenvalue weighted by Crippen LogP contribution is 2.48. The Morgan fingerprint density at radius 2 is 2.03 bits per heavy atom. The van der Waals surface area contributed by atoms with Crippen molar-refractivity contribution in [3.05, 3.63) is 82.4 Å². The summed E-state index contributed by atoms with van der Waals surface area (Å²) in [5, 5.41) is 4.63. The molecular formula is C27H28N4O2. The maximum absolute atomic E-state index is 6.24. The Balaban J connectivity index is 1.33. The fraction of sp³-hybridized carbons (Fsp3) is 0.333. The molecule has 0 bridgehead atoms. The maximum atomic E-state index is 6.24. The molecule has 1 aromatic heterocycles. The van der Waals surface area contributed by atoms with Gasteiger partial charge in [-0.1, -0.05) is 35.0 Å². The minimum absolute atomic E-state index is 0.446. The molecule has 0 N–H and O–H groups in total. The van der Waals surface area contributed by atoms with E-state index in [1.54, 1.807) is 7.11 Å². The molecule has 6 nitrogen and oxygen atoms in total. The van der Waals surface area contributed by atoms with E-state index in [0.717, 1.165) is 60.8 Å². The van der Waals surface area contributed by atoms with E-state index < -0.39 is 5.72 Å². The number of piperidine rings is 1. The molecule has 1 aliphatic carbocycles. The van der Waals surface area contributed by atoms with Crippen LogP contribution in [0.3, 0.4) is 0 Å². The summed E-state index contributed by atoms with van der Waals surface area (Å²) in [7, 11) is 1.71. The second kappa shape index (κ2) is 7.51. The van der Waals surface area contributed by atoms with Crippen LogP contribution in [0.5, 0.6) is 5.75 Å². The summed E-state index contributed by atoms with van der Waals surface area (Å²) in [5.41, 5.74) is 7.77. The average Bonchev–Trinajstić information content (AvgIpc) is 3.52. The summed E-state index contributed by atoms with van der Waals surface area (Å²) in [4.78, 5) is 13.0. The monoisotopic (exact) mass is 440 g/mol. The van der Waals surface area contributed by atoms with E-state index in [1.165, 1.54) is 22.3 Å². The molecular weight excluding hydrogens is 412 g/mol. The first-order valence-electron chi connectivity index (χ1n) is 11.6. The number of fused-ring (bicyclic) bond motifs is 4. The van der Waals surface area contributed by atoms with Gasteiger partial charge in [0.15, 0.2) is 5.84 Å². The zero-order valence-electron chi connectivity index (χ0n) is 19.3. The van der Waals surface area contributed by atoms with Crippen LogP contribution in [-0.4, -0.2) is 33.9 Å². The molecule has 6 rings (SSSR count). The fourth-order valence-electron chi connectivity index (χ4n) is 5.46. The number of oxime groups is 1. The standard InChI is InChI=1S/C27H28N4O2/c1-18-6-8-23-21(13-18)10-11-27(23)31-12-4-5-22(26(31)29-33-27)14-20-7-9-24(25(15-20)32-3)30-16-19(2)28-17-30/h6-9,13-17H,4-5,10-12H2,1-3H3. The molecule has 6 heteroatoms. The third-order valence-electron chi connectivity index (χ3n) is 7.04. The van der Waals surface area contributed by atoms with Crippen LogP contribution in [0.15, 0.2) is 59.7 Å². The first-order chi connectivity index (χ1) is 16.1. The molecule has 1 spiro atoms. The van der Waals surface area contributed by atoms with E-state index in [-0.39, 0.29) is 0 Å². The van der Waals surface area contributed by atoms with Crippen molar-refractivity contribution in [2.45, 2.75) is 45.3 Å². The average molecular weight is 441 g/mol. The Hall–Kier alpha value is -3.54. The number of benzene rings is 2. The number of rotatable bonds is 3. The number of amidine groups is 1.